The SMILES string of the molecule is C[C@@]12CC[C@H]3C=CCC[C@]3(C)C1CCCO2. The predicted octanol–water partition coefficient (Wildman–Crippen LogP) is 3.94. The van der Waals surface area contributed by atoms with Crippen molar-refractivity contribution in [3.63, 3.8) is 0 Å². The summed E-state index contributed by atoms with van der Waals surface area (Å²) in [6.07, 6.45) is 12.8. The third-order valence-corrected chi connectivity index (χ3v) is 5.62. The van der Waals surface area contributed by atoms with E-state index in [4.69, 9.17) is 4.74 Å². The summed E-state index contributed by atoms with van der Waals surface area (Å²) in [6, 6.07) is 0. The Morgan fingerprint density at radius 1 is 1.19 bits per heavy atom. The van der Waals surface area contributed by atoms with Gasteiger partial charge in [0.05, 0.1) is 5.60 Å². The van der Waals surface area contributed by atoms with Gasteiger partial charge >= 0.3 is 0 Å². The first-order chi connectivity index (χ1) is 7.65. The molecule has 90 valence electrons. The number of allylic oxidation sites excluding steroid dienone is 2. The Labute approximate surface area is 99.3 Å². The van der Waals surface area contributed by atoms with Crippen LogP contribution < -0.4 is 0 Å². The minimum atomic E-state index is 0.189. The van der Waals surface area contributed by atoms with E-state index in [1.807, 2.05) is 0 Å². The van der Waals surface area contributed by atoms with Crippen LogP contribution in [0.4, 0.5) is 0 Å². The Bertz CT molecular complexity index is 309. The minimum absolute atomic E-state index is 0.189. The van der Waals surface area contributed by atoms with Gasteiger partial charge in [-0.1, -0.05) is 19.1 Å². The maximum atomic E-state index is 6.16. The molecule has 0 aromatic heterocycles. The maximum absolute atomic E-state index is 6.16. The van der Waals surface area contributed by atoms with Gasteiger partial charge in [0.2, 0.25) is 0 Å². The molecule has 1 saturated heterocycles. The molecule has 0 amide bonds. The minimum Gasteiger partial charge on any atom is -0.375 e. The lowest BCUT2D eigenvalue weighted by Crippen LogP contribution is -2.56. The van der Waals surface area contributed by atoms with Crippen molar-refractivity contribution in [3.8, 4) is 0 Å². The van der Waals surface area contributed by atoms with E-state index in [1.54, 1.807) is 0 Å². The fourth-order valence-corrected chi connectivity index (χ4v) is 4.63. The van der Waals surface area contributed by atoms with Crippen molar-refractivity contribution >= 4 is 0 Å². The van der Waals surface area contributed by atoms with Crippen LogP contribution in [0.25, 0.3) is 0 Å². The quantitative estimate of drug-likeness (QED) is 0.562. The van der Waals surface area contributed by atoms with E-state index in [0.717, 1.165) is 18.4 Å². The predicted molar refractivity (Wildman–Crippen MR) is 66.3 cm³/mol. The van der Waals surface area contributed by atoms with Gasteiger partial charge in [0.1, 0.15) is 0 Å². The molecule has 2 aliphatic carbocycles. The highest BCUT2D eigenvalue weighted by molar-refractivity contribution is 5.12. The van der Waals surface area contributed by atoms with Crippen LogP contribution in [0.1, 0.15) is 52.4 Å². The van der Waals surface area contributed by atoms with Crippen LogP contribution in [0.3, 0.4) is 0 Å². The van der Waals surface area contributed by atoms with E-state index >= 15 is 0 Å². The second-order valence-corrected chi connectivity index (χ2v) is 6.47. The Morgan fingerprint density at radius 3 is 2.94 bits per heavy atom. The molecule has 0 aromatic rings. The summed E-state index contributed by atoms with van der Waals surface area (Å²) in [4.78, 5) is 0. The molecule has 3 rings (SSSR count). The second kappa shape index (κ2) is 3.60. The lowest BCUT2D eigenvalue weighted by Gasteiger charge is -2.58. The van der Waals surface area contributed by atoms with E-state index < -0.39 is 0 Å². The van der Waals surface area contributed by atoms with Crippen molar-refractivity contribution < 1.29 is 4.74 Å². The summed E-state index contributed by atoms with van der Waals surface area (Å²) in [7, 11) is 0. The van der Waals surface area contributed by atoms with Gasteiger partial charge in [-0.05, 0) is 62.7 Å². The van der Waals surface area contributed by atoms with E-state index in [2.05, 4.69) is 26.0 Å². The Balaban J connectivity index is 1.95. The molecule has 1 heterocycles. The molecule has 2 fully saturated rings. The van der Waals surface area contributed by atoms with Crippen molar-refractivity contribution in [3.05, 3.63) is 12.2 Å². The Hall–Kier alpha value is -0.300. The number of fused-ring (bicyclic) bond motifs is 3. The molecule has 1 unspecified atom stereocenters. The fraction of sp³-hybridized carbons (Fsp3) is 0.867. The van der Waals surface area contributed by atoms with Gasteiger partial charge in [0.25, 0.3) is 0 Å². The van der Waals surface area contributed by atoms with Crippen molar-refractivity contribution in [2.45, 2.75) is 58.0 Å². The van der Waals surface area contributed by atoms with Gasteiger partial charge in [0, 0.05) is 6.61 Å². The molecule has 0 radical (unpaired) electrons. The summed E-state index contributed by atoms with van der Waals surface area (Å²) in [5.74, 6) is 1.61. The lowest BCUT2D eigenvalue weighted by molar-refractivity contribution is -0.183. The standard InChI is InChI=1S/C15H24O/c1-14-9-4-3-6-12(14)8-10-15(2)13(14)7-5-11-16-15/h3,6,12-13H,4-5,7-11H2,1-2H3/t12-,13?,14+,15-/m1/s1. The van der Waals surface area contributed by atoms with Crippen LogP contribution in [0, 0.1) is 17.3 Å². The number of hydrogen-bond donors (Lipinski definition) is 0. The normalized spacial score (nSPS) is 51.9. The summed E-state index contributed by atoms with van der Waals surface area (Å²) in [6.45, 7) is 5.89. The molecule has 4 atom stereocenters. The lowest BCUT2D eigenvalue weighted by atomic mass is 9.51. The van der Waals surface area contributed by atoms with Crippen molar-refractivity contribution in [1.82, 2.24) is 0 Å². The molecule has 0 bridgehead atoms. The van der Waals surface area contributed by atoms with Crippen molar-refractivity contribution in [1.29, 1.82) is 0 Å². The first kappa shape index (κ1) is 10.8. The zero-order chi connectivity index (χ0) is 11.2. The van der Waals surface area contributed by atoms with E-state index in [1.165, 1.54) is 38.5 Å². The number of ether oxygens (including phenoxy) is 1. The third-order valence-electron chi connectivity index (χ3n) is 5.62. The van der Waals surface area contributed by atoms with Gasteiger partial charge in [-0.3, -0.25) is 0 Å². The monoisotopic (exact) mass is 220 g/mol. The molecule has 1 heteroatoms. The summed E-state index contributed by atoms with van der Waals surface area (Å²) in [5, 5.41) is 0. The van der Waals surface area contributed by atoms with Crippen LogP contribution in [0.5, 0.6) is 0 Å². The molecular weight excluding hydrogens is 196 g/mol. The smallest absolute Gasteiger partial charge is 0.0688 e. The van der Waals surface area contributed by atoms with Crippen LogP contribution in [0.2, 0.25) is 0 Å². The zero-order valence-corrected chi connectivity index (χ0v) is 10.7. The van der Waals surface area contributed by atoms with E-state index in [0.29, 0.717) is 5.41 Å². The summed E-state index contributed by atoms with van der Waals surface area (Å²) < 4.78 is 6.16. The molecule has 0 N–H and O–H groups in total. The second-order valence-electron chi connectivity index (χ2n) is 6.47. The van der Waals surface area contributed by atoms with Crippen LogP contribution in [-0.2, 0) is 4.74 Å². The van der Waals surface area contributed by atoms with Gasteiger partial charge < -0.3 is 4.74 Å². The zero-order valence-electron chi connectivity index (χ0n) is 10.7. The molecule has 1 aliphatic heterocycles. The highest BCUT2D eigenvalue weighted by Crippen LogP contribution is 2.58. The largest absolute Gasteiger partial charge is 0.375 e. The van der Waals surface area contributed by atoms with Gasteiger partial charge in [-0.2, -0.15) is 0 Å². The van der Waals surface area contributed by atoms with Gasteiger partial charge in [-0.25, -0.2) is 0 Å². The molecule has 0 aromatic carbocycles. The van der Waals surface area contributed by atoms with Crippen molar-refractivity contribution in [2.75, 3.05) is 6.61 Å². The summed E-state index contributed by atoms with van der Waals surface area (Å²) in [5.41, 5.74) is 0.705. The van der Waals surface area contributed by atoms with Gasteiger partial charge in [-0.15, -0.1) is 0 Å². The average molecular weight is 220 g/mol. The first-order valence-electron chi connectivity index (χ1n) is 6.96. The Morgan fingerprint density at radius 2 is 2.06 bits per heavy atom. The van der Waals surface area contributed by atoms with Crippen molar-refractivity contribution in [2.24, 2.45) is 17.3 Å². The fourth-order valence-electron chi connectivity index (χ4n) is 4.63. The molecule has 1 saturated carbocycles. The molecule has 1 nitrogen and oxygen atoms in total. The van der Waals surface area contributed by atoms with E-state index in [-0.39, 0.29) is 5.60 Å². The number of rotatable bonds is 0. The highest BCUT2D eigenvalue weighted by Gasteiger charge is 2.54. The third kappa shape index (κ3) is 1.40. The molecular formula is C15H24O. The van der Waals surface area contributed by atoms with Crippen LogP contribution in [-0.4, -0.2) is 12.2 Å². The summed E-state index contributed by atoms with van der Waals surface area (Å²) >= 11 is 0. The van der Waals surface area contributed by atoms with Gasteiger partial charge in [0.15, 0.2) is 0 Å². The topological polar surface area (TPSA) is 9.23 Å². The Kier molecular flexibility index (Phi) is 2.43. The first-order valence-corrected chi connectivity index (χ1v) is 6.96. The maximum Gasteiger partial charge on any atom is 0.0688 e. The van der Waals surface area contributed by atoms with Crippen LogP contribution in [0.15, 0.2) is 12.2 Å². The number of hydrogen-bond acceptors (Lipinski definition) is 1. The van der Waals surface area contributed by atoms with E-state index in [9.17, 15) is 0 Å². The molecule has 16 heavy (non-hydrogen) atoms. The average Bonchev–Trinajstić information content (AvgIpc) is 2.28. The van der Waals surface area contributed by atoms with Crippen LogP contribution >= 0.6 is 0 Å². The highest BCUT2D eigenvalue weighted by atomic mass is 16.5. The molecule has 0 spiro atoms. The molecule has 3 aliphatic rings.